The Hall–Kier alpha value is -2.23. The predicted molar refractivity (Wildman–Crippen MR) is 81.8 cm³/mol. The zero-order valence-electron chi connectivity index (χ0n) is 13.5. The number of amides is 2. The Morgan fingerprint density at radius 3 is 2.23 bits per heavy atom. The largest absolute Gasteiger partial charge is 0.462 e. The van der Waals surface area contributed by atoms with Crippen LogP contribution >= 0.6 is 0 Å². The summed E-state index contributed by atoms with van der Waals surface area (Å²) < 4.78 is 4.83. The van der Waals surface area contributed by atoms with Gasteiger partial charge in [-0.2, -0.15) is 5.26 Å². The Morgan fingerprint density at radius 1 is 1.18 bits per heavy atom. The van der Waals surface area contributed by atoms with Gasteiger partial charge >= 0.3 is 12.0 Å². The third kappa shape index (κ3) is 4.65. The number of esters is 1. The first-order valence-corrected chi connectivity index (χ1v) is 7.64. The van der Waals surface area contributed by atoms with Gasteiger partial charge < -0.3 is 19.4 Å². The lowest BCUT2D eigenvalue weighted by Gasteiger charge is -2.36. The topological polar surface area (TPSA) is 76.9 Å². The van der Waals surface area contributed by atoms with Crippen LogP contribution in [0.4, 0.5) is 4.79 Å². The van der Waals surface area contributed by atoms with Gasteiger partial charge in [0.1, 0.15) is 6.07 Å². The standard InChI is InChI=1S/C15H24N4O3/c1-4-18(5-2)15(21)19-9-7-17(8-10-19)12-13(11-16)14(20)22-6-3/h12H,4-10H2,1-3H3/b13-12+. The molecule has 1 aliphatic heterocycles. The van der Waals surface area contributed by atoms with Gasteiger partial charge in [-0.1, -0.05) is 0 Å². The van der Waals surface area contributed by atoms with E-state index in [4.69, 9.17) is 10.00 Å². The van der Waals surface area contributed by atoms with E-state index < -0.39 is 5.97 Å². The highest BCUT2D eigenvalue weighted by molar-refractivity contribution is 5.92. The van der Waals surface area contributed by atoms with Gasteiger partial charge in [0.2, 0.25) is 0 Å². The number of rotatable bonds is 5. The number of hydrogen-bond acceptors (Lipinski definition) is 5. The molecule has 0 unspecified atom stereocenters. The van der Waals surface area contributed by atoms with Crippen LogP contribution in [-0.4, -0.2) is 72.6 Å². The van der Waals surface area contributed by atoms with Crippen LogP contribution in [0.25, 0.3) is 0 Å². The zero-order chi connectivity index (χ0) is 16.5. The van der Waals surface area contributed by atoms with E-state index in [0.29, 0.717) is 39.3 Å². The van der Waals surface area contributed by atoms with Crippen molar-refractivity contribution in [3.8, 4) is 6.07 Å². The third-order valence-corrected chi connectivity index (χ3v) is 3.55. The van der Waals surface area contributed by atoms with Crippen molar-refractivity contribution in [1.82, 2.24) is 14.7 Å². The zero-order valence-corrected chi connectivity index (χ0v) is 13.5. The molecule has 0 aromatic heterocycles. The summed E-state index contributed by atoms with van der Waals surface area (Å²) in [4.78, 5) is 29.3. The predicted octanol–water partition coefficient (Wildman–Crippen LogP) is 1.04. The lowest BCUT2D eigenvalue weighted by Crippen LogP contribution is -2.51. The summed E-state index contributed by atoms with van der Waals surface area (Å²) in [6, 6.07) is 1.90. The minimum Gasteiger partial charge on any atom is -0.462 e. The van der Waals surface area contributed by atoms with E-state index in [-0.39, 0.29) is 18.2 Å². The van der Waals surface area contributed by atoms with Gasteiger partial charge in [0.25, 0.3) is 0 Å². The van der Waals surface area contributed by atoms with Gasteiger partial charge in [-0.05, 0) is 20.8 Å². The molecule has 7 heteroatoms. The first-order valence-electron chi connectivity index (χ1n) is 7.64. The summed E-state index contributed by atoms with van der Waals surface area (Å²) in [6.07, 6.45) is 1.53. The fourth-order valence-corrected chi connectivity index (χ4v) is 2.26. The van der Waals surface area contributed by atoms with Crippen molar-refractivity contribution in [3.63, 3.8) is 0 Å². The first-order chi connectivity index (χ1) is 10.6. The van der Waals surface area contributed by atoms with E-state index in [1.54, 1.807) is 16.7 Å². The van der Waals surface area contributed by atoms with E-state index in [1.807, 2.05) is 24.8 Å². The van der Waals surface area contributed by atoms with Gasteiger partial charge in [-0.25, -0.2) is 9.59 Å². The van der Waals surface area contributed by atoms with Crippen LogP contribution < -0.4 is 0 Å². The summed E-state index contributed by atoms with van der Waals surface area (Å²) in [5.41, 5.74) is -0.00892. The lowest BCUT2D eigenvalue weighted by molar-refractivity contribution is -0.138. The van der Waals surface area contributed by atoms with Crippen LogP contribution in [0.2, 0.25) is 0 Å². The first kappa shape index (κ1) is 17.8. The van der Waals surface area contributed by atoms with Crippen LogP contribution in [0.1, 0.15) is 20.8 Å². The molecule has 7 nitrogen and oxygen atoms in total. The van der Waals surface area contributed by atoms with Crippen LogP contribution in [0.5, 0.6) is 0 Å². The number of carbonyl (C=O) groups is 2. The minimum atomic E-state index is -0.605. The average Bonchev–Trinajstić information content (AvgIpc) is 2.54. The number of ether oxygens (including phenoxy) is 1. The fourth-order valence-electron chi connectivity index (χ4n) is 2.26. The molecular formula is C15H24N4O3. The van der Waals surface area contributed by atoms with Gasteiger partial charge in [0, 0.05) is 45.5 Å². The maximum atomic E-state index is 12.2. The smallest absolute Gasteiger partial charge is 0.350 e. The molecule has 1 heterocycles. The van der Waals surface area contributed by atoms with E-state index in [9.17, 15) is 9.59 Å². The van der Waals surface area contributed by atoms with Gasteiger partial charge in [-0.3, -0.25) is 0 Å². The van der Waals surface area contributed by atoms with Crippen molar-refractivity contribution in [3.05, 3.63) is 11.8 Å². The van der Waals surface area contributed by atoms with Gasteiger partial charge in [-0.15, -0.1) is 0 Å². The van der Waals surface area contributed by atoms with Gasteiger partial charge in [0.15, 0.2) is 5.57 Å². The average molecular weight is 308 g/mol. The monoisotopic (exact) mass is 308 g/mol. The Bertz CT molecular complexity index is 458. The van der Waals surface area contributed by atoms with Crippen LogP contribution in [0.3, 0.4) is 0 Å². The van der Waals surface area contributed by atoms with Crippen LogP contribution in [0, 0.1) is 11.3 Å². The number of nitrogens with zero attached hydrogens (tertiary/aromatic N) is 4. The molecular weight excluding hydrogens is 284 g/mol. The van der Waals surface area contributed by atoms with E-state index in [0.717, 1.165) is 0 Å². The summed E-state index contributed by atoms with van der Waals surface area (Å²) >= 11 is 0. The molecule has 1 aliphatic rings. The molecule has 122 valence electrons. The maximum Gasteiger partial charge on any atom is 0.350 e. The molecule has 0 aromatic carbocycles. The van der Waals surface area contributed by atoms with Crippen LogP contribution in [0.15, 0.2) is 11.8 Å². The van der Waals surface area contributed by atoms with Crippen molar-refractivity contribution in [2.75, 3.05) is 45.9 Å². The molecule has 0 aromatic rings. The summed E-state index contributed by atoms with van der Waals surface area (Å²) in [5.74, 6) is -0.605. The highest BCUT2D eigenvalue weighted by Gasteiger charge is 2.23. The fraction of sp³-hybridized carbons (Fsp3) is 0.667. The number of carbonyl (C=O) groups excluding carboxylic acids is 2. The van der Waals surface area contributed by atoms with E-state index in [1.165, 1.54) is 6.20 Å². The van der Waals surface area contributed by atoms with Crippen molar-refractivity contribution >= 4 is 12.0 Å². The molecule has 1 fully saturated rings. The number of nitriles is 1. The Morgan fingerprint density at radius 2 is 1.77 bits per heavy atom. The molecule has 1 rings (SSSR count). The molecule has 0 bridgehead atoms. The molecule has 22 heavy (non-hydrogen) atoms. The quantitative estimate of drug-likeness (QED) is 0.431. The second-order valence-electron chi connectivity index (χ2n) is 4.85. The normalized spacial score (nSPS) is 15.3. The van der Waals surface area contributed by atoms with E-state index in [2.05, 4.69) is 0 Å². The van der Waals surface area contributed by atoms with E-state index >= 15 is 0 Å². The van der Waals surface area contributed by atoms with Crippen molar-refractivity contribution < 1.29 is 14.3 Å². The molecule has 2 amide bonds. The second kappa shape index (κ2) is 8.93. The third-order valence-electron chi connectivity index (χ3n) is 3.55. The molecule has 1 saturated heterocycles. The number of urea groups is 1. The Kier molecular flexibility index (Phi) is 7.23. The Balaban J connectivity index is 2.60. The van der Waals surface area contributed by atoms with Gasteiger partial charge in [0.05, 0.1) is 6.61 Å². The van der Waals surface area contributed by atoms with Crippen molar-refractivity contribution in [2.45, 2.75) is 20.8 Å². The highest BCUT2D eigenvalue weighted by atomic mass is 16.5. The highest BCUT2D eigenvalue weighted by Crippen LogP contribution is 2.08. The molecule has 0 spiro atoms. The minimum absolute atomic E-state index is 0.00892. The second-order valence-corrected chi connectivity index (χ2v) is 4.85. The molecule has 0 atom stereocenters. The SMILES string of the molecule is CCOC(=O)/C(C#N)=C/N1CCN(C(=O)N(CC)CC)CC1. The molecule has 0 aliphatic carbocycles. The Labute approximate surface area is 131 Å². The summed E-state index contributed by atoms with van der Waals surface area (Å²) in [6.45, 7) is 9.58. The summed E-state index contributed by atoms with van der Waals surface area (Å²) in [5, 5.41) is 9.01. The van der Waals surface area contributed by atoms with Crippen molar-refractivity contribution in [1.29, 1.82) is 5.26 Å². The van der Waals surface area contributed by atoms with Crippen molar-refractivity contribution in [2.24, 2.45) is 0 Å². The number of hydrogen-bond donors (Lipinski definition) is 0. The summed E-state index contributed by atoms with van der Waals surface area (Å²) in [7, 11) is 0. The molecule has 0 N–H and O–H groups in total. The molecule has 0 saturated carbocycles. The number of piperazine rings is 1. The van der Waals surface area contributed by atoms with Crippen LogP contribution in [-0.2, 0) is 9.53 Å². The molecule has 0 radical (unpaired) electrons. The lowest BCUT2D eigenvalue weighted by atomic mass is 10.2. The maximum absolute atomic E-state index is 12.2.